The molecule has 0 radical (unpaired) electrons. The number of nitrogens with one attached hydrogen (secondary N) is 1. The number of pyridine rings is 1. The van der Waals surface area contributed by atoms with E-state index in [4.69, 9.17) is 4.74 Å². The van der Waals surface area contributed by atoms with Crippen molar-refractivity contribution in [3.05, 3.63) is 72.1 Å². The lowest BCUT2D eigenvalue weighted by Gasteiger charge is -2.10. The van der Waals surface area contributed by atoms with E-state index < -0.39 is 5.97 Å². The SMILES string of the molecule is CCn1cc2c(Oc3ccc(SC)cc3)cc(C(=O)Nc3ccc(C(=O)OC)cn3)cc2n1. The average molecular weight is 463 g/mol. The summed E-state index contributed by atoms with van der Waals surface area (Å²) >= 11 is 1.65. The first-order valence-corrected chi connectivity index (χ1v) is 11.4. The molecule has 0 spiro atoms. The number of benzene rings is 2. The van der Waals surface area contributed by atoms with Crippen molar-refractivity contribution in [3.63, 3.8) is 0 Å². The summed E-state index contributed by atoms with van der Waals surface area (Å²) in [4.78, 5) is 29.8. The molecule has 0 saturated heterocycles. The van der Waals surface area contributed by atoms with Crippen molar-refractivity contribution in [2.24, 2.45) is 0 Å². The molecule has 1 N–H and O–H groups in total. The van der Waals surface area contributed by atoms with Gasteiger partial charge in [-0.15, -0.1) is 11.8 Å². The standard InChI is InChI=1S/C24H22N4O4S/c1-4-28-14-19-20(27-28)11-16(12-21(19)32-17-6-8-18(33-3)9-7-17)23(29)26-22-10-5-15(13-25-22)24(30)31-2/h5-14H,4H2,1-3H3,(H,25,26,29). The van der Waals surface area contributed by atoms with E-state index in [1.807, 2.05) is 43.6 Å². The number of methoxy groups -OCH3 is 1. The van der Waals surface area contributed by atoms with Gasteiger partial charge in [0.05, 0.1) is 23.6 Å². The molecule has 8 nitrogen and oxygen atoms in total. The molecule has 0 atom stereocenters. The highest BCUT2D eigenvalue weighted by Crippen LogP contribution is 2.32. The Morgan fingerprint density at radius 3 is 2.52 bits per heavy atom. The molecule has 0 saturated carbocycles. The molecule has 4 aromatic rings. The highest BCUT2D eigenvalue weighted by molar-refractivity contribution is 7.98. The summed E-state index contributed by atoms with van der Waals surface area (Å²) in [5.74, 6) is 0.634. The van der Waals surface area contributed by atoms with Crippen LogP contribution in [0.25, 0.3) is 10.9 Å². The van der Waals surface area contributed by atoms with Gasteiger partial charge in [-0.25, -0.2) is 9.78 Å². The maximum Gasteiger partial charge on any atom is 0.339 e. The highest BCUT2D eigenvalue weighted by Gasteiger charge is 2.16. The van der Waals surface area contributed by atoms with Gasteiger partial charge in [0.1, 0.15) is 17.3 Å². The molecular formula is C24H22N4O4S. The van der Waals surface area contributed by atoms with Crippen molar-refractivity contribution in [3.8, 4) is 11.5 Å². The first-order chi connectivity index (χ1) is 16.0. The number of anilines is 1. The van der Waals surface area contributed by atoms with E-state index in [1.54, 1.807) is 34.6 Å². The number of thioether (sulfide) groups is 1. The molecule has 33 heavy (non-hydrogen) atoms. The summed E-state index contributed by atoms with van der Waals surface area (Å²) in [6.45, 7) is 2.68. The Kier molecular flexibility index (Phi) is 6.60. The Morgan fingerprint density at radius 2 is 1.88 bits per heavy atom. The normalized spacial score (nSPS) is 10.8. The van der Waals surface area contributed by atoms with Crippen molar-refractivity contribution in [1.82, 2.24) is 14.8 Å². The maximum absolute atomic E-state index is 13.0. The quantitative estimate of drug-likeness (QED) is 0.305. The summed E-state index contributed by atoms with van der Waals surface area (Å²) in [6.07, 6.45) is 5.26. The number of amides is 1. The maximum atomic E-state index is 13.0. The Bertz CT molecular complexity index is 1300. The number of hydrogen-bond acceptors (Lipinski definition) is 7. The summed E-state index contributed by atoms with van der Waals surface area (Å²) in [7, 11) is 1.30. The smallest absolute Gasteiger partial charge is 0.339 e. The molecule has 0 aliphatic heterocycles. The zero-order valence-electron chi connectivity index (χ0n) is 18.4. The van der Waals surface area contributed by atoms with Gasteiger partial charge in [-0.1, -0.05) is 0 Å². The number of rotatable bonds is 7. The molecule has 2 heterocycles. The first kappa shape index (κ1) is 22.3. The van der Waals surface area contributed by atoms with Crippen LogP contribution in [0.2, 0.25) is 0 Å². The second kappa shape index (κ2) is 9.74. The third-order valence-electron chi connectivity index (χ3n) is 4.93. The van der Waals surface area contributed by atoms with Gasteiger partial charge in [0.15, 0.2) is 0 Å². The topological polar surface area (TPSA) is 95.3 Å². The number of aromatic nitrogens is 3. The number of fused-ring (bicyclic) bond motifs is 1. The van der Waals surface area contributed by atoms with E-state index >= 15 is 0 Å². The van der Waals surface area contributed by atoms with E-state index in [2.05, 4.69) is 20.1 Å². The van der Waals surface area contributed by atoms with E-state index in [0.29, 0.717) is 40.5 Å². The van der Waals surface area contributed by atoms with E-state index in [9.17, 15) is 9.59 Å². The van der Waals surface area contributed by atoms with Gasteiger partial charge in [-0.3, -0.25) is 9.48 Å². The minimum absolute atomic E-state index is 0.296. The minimum atomic E-state index is -0.496. The average Bonchev–Trinajstić information content (AvgIpc) is 3.28. The first-order valence-electron chi connectivity index (χ1n) is 10.2. The molecular weight excluding hydrogens is 440 g/mol. The van der Waals surface area contributed by atoms with Crippen molar-refractivity contribution >= 4 is 40.4 Å². The second-order valence-corrected chi connectivity index (χ2v) is 7.93. The lowest BCUT2D eigenvalue weighted by atomic mass is 10.1. The zero-order valence-corrected chi connectivity index (χ0v) is 19.2. The molecule has 0 aliphatic carbocycles. The molecule has 9 heteroatoms. The van der Waals surface area contributed by atoms with Gasteiger partial charge in [0.2, 0.25) is 0 Å². The number of aryl methyl sites for hydroxylation is 1. The highest BCUT2D eigenvalue weighted by atomic mass is 32.2. The summed E-state index contributed by atoms with van der Waals surface area (Å²) < 4.78 is 12.6. The van der Waals surface area contributed by atoms with Crippen LogP contribution in [0, 0.1) is 0 Å². The fraction of sp³-hybridized carbons (Fsp3) is 0.167. The van der Waals surface area contributed by atoms with Crippen LogP contribution in [-0.2, 0) is 11.3 Å². The van der Waals surface area contributed by atoms with Crippen molar-refractivity contribution in [1.29, 1.82) is 0 Å². The molecule has 0 fully saturated rings. The number of esters is 1. The van der Waals surface area contributed by atoms with Crippen LogP contribution in [0.4, 0.5) is 5.82 Å². The molecule has 2 aromatic carbocycles. The van der Waals surface area contributed by atoms with Crippen LogP contribution in [0.3, 0.4) is 0 Å². The Labute approximate surface area is 194 Å². The number of nitrogens with zero attached hydrogens (tertiary/aromatic N) is 3. The lowest BCUT2D eigenvalue weighted by molar-refractivity contribution is 0.0600. The summed E-state index contributed by atoms with van der Waals surface area (Å²) in [5.41, 5.74) is 1.32. The van der Waals surface area contributed by atoms with E-state index in [-0.39, 0.29) is 5.91 Å². The predicted octanol–water partition coefficient (Wildman–Crippen LogP) is 5.00. The largest absolute Gasteiger partial charge is 0.465 e. The number of hydrogen-bond donors (Lipinski definition) is 1. The fourth-order valence-corrected chi connectivity index (χ4v) is 3.59. The third kappa shape index (κ3) is 4.98. The molecule has 2 aromatic heterocycles. The number of ether oxygens (including phenoxy) is 2. The van der Waals surface area contributed by atoms with Gasteiger partial charge < -0.3 is 14.8 Å². The fourth-order valence-electron chi connectivity index (χ4n) is 3.18. The zero-order chi connectivity index (χ0) is 23.4. The van der Waals surface area contributed by atoms with Crippen LogP contribution >= 0.6 is 11.8 Å². The summed E-state index contributed by atoms with van der Waals surface area (Å²) in [6, 6.07) is 14.2. The van der Waals surface area contributed by atoms with Crippen molar-refractivity contribution in [2.75, 3.05) is 18.7 Å². The van der Waals surface area contributed by atoms with Gasteiger partial charge >= 0.3 is 5.97 Å². The second-order valence-electron chi connectivity index (χ2n) is 7.05. The predicted molar refractivity (Wildman–Crippen MR) is 127 cm³/mol. The van der Waals surface area contributed by atoms with Crippen LogP contribution in [0.15, 0.2) is 65.8 Å². The monoisotopic (exact) mass is 462 g/mol. The molecule has 168 valence electrons. The van der Waals surface area contributed by atoms with Crippen molar-refractivity contribution < 1.29 is 19.1 Å². The van der Waals surface area contributed by atoms with Crippen LogP contribution in [-0.4, -0.2) is 40.0 Å². The van der Waals surface area contributed by atoms with E-state index in [1.165, 1.54) is 19.4 Å². The van der Waals surface area contributed by atoms with Gasteiger partial charge in [-0.2, -0.15) is 5.10 Å². The lowest BCUT2D eigenvalue weighted by Crippen LogP contribution is -2.13. The molecule has 0 bridgehead atoms. The van der Waals surface area contributed by atoms with E-state index in [0.717, 1.165) is 10.3 Å². The molecule has 0 unspecified atom stereocenters. The minimum Gasteiger partial charge on any atom is -0.465 e. The van der Waals surface area contributed by atoms with Gasteiger partial charge in [0, 0.05) is 29.4 Å². The van der Waals surface area contributed by atoms with Crippen LogP contribution in [0.5, 0.6) is 11.5 Å². The summed E-state index contributed by atoms with van der Waals surface area (Å²) in [5, 5.41) is 8.08. The Hall–Kier alpha value is -3.85. The molecule has 1 amide bonds. The molecule has 4 rings (SSSR count). The number of carbonyl (C=O) groups is 2. The van der Waals surface area contributed by atoms with Crippen LogP contribution in [0.1, 0.15) is 27.6 Å². The van der Waals surface area contributed by atoms with Gasteiger partial charge in [0.25, 0.3) is 5.91 Å². The Balaban J connectivity index is 1.63. The van der Waals surface area contributed by atoms with Crippen LogP contribution < -0.4 is 10.1 Å². The molecule has 0 aliphatic rings. The van der Waals surface area contributed by atoms with Gasteiger partial charge in [-0.05, 0) is 61.7 Å². The third-order valence-corrected chi connectivity index (χ3v) is 5.68. The Morgan fingerprint density at radius 1 is 1.09 bits per heavy atom. The number of carbonyl (C=O) groups excluding carboxylic acids is 2. The van der Waals surface area contributed by atoms with Crippen molar-refractivity contribution in [2.45, 2.75) is 18.4 Å².